The van der Waals surface area contributed by atoms with Gasteiger partial charge in [0.2, 0.25) is 0 Å². The molecule has 1 amide bonds. The minimum absolute atomic E-state index is 0.183. The van der Waals surface area contributed by atoms with Crippen LogP contribution >= 0.6 is 0 Å². The Kier molecular flexibility index (Phi) is 3.50. The molecule has 0 saturated heterocycles. The Morgan fingerprint density at radius 1 is 1.25 bits per heavy atom. The third kappa shape index (κ3) is 2.57. The molecule has 1 saturated carbocycles. The maximum atomic E-state index is 12.9. The molecule has 0 aliphatic heterocycles. The number of hydrogen-bond acceptors (Lipinski definition) is 3. The van der Waals surface area contributed by atoms with Gasteiger partial charge < -0.3 is 9.84 Å². The molecule has 1 fully saturated rings. The fraction of sp³-hybridized carbons (Fsp3) is 0.333. The van der Waals surface area contributed by atoms with Gasteiger partial charge in [-0.15, -0.1) is 0 Å². The van der Waals surface area contributed by atoms with Crippen LogP contribution in [0.5, 0.6) is 0 Å². The molecule has 0 unspecified atom stereocenters. The quantitative estimate of drug-likeness (QED) is 0.935. The number of benzene rings is 1. The Bertz CT molecular complexity index is 601. The maximum Gasteiger partial charge on any atom is 0.257 e. The van der Waals surface area contributed by atoms with E-state index in [1.165, 1.54) is 18.3 Å². The van der Waals surface area contributed by atoms with Crippen molar-refractivity contribution < 1.29 is 13.7 Å². The molecule has 1 N–H and O–H groups in total. The van der Waals surface area contributed by atoms with Crippen molar-refractivity contribution >= 4 is 5.91 Å². The Labute approximate surface area is 116 Å². The predicted molar refractivity (Wildman–Crippen MR) is 71.6 cm³/mol. The summed E-state index contributed by atoms with van der Waals surface area (Å²) in [6.07, 6.45) is 5.74. The monoisotopic (exact) mass is 274 g/mol. The first kappa shape index (κ1) is 12.8. The molecule has 4 nitrogen and oxygen atoms in total. The summed E-state index contributed by atoms with van der Waals surface area (Å²) in [6.45, 7) is 0. The summed E-state index contributed by atoms with van der Waals surface area (Å²) in [7, 11) is 0. The van der Waals surface area contributed by atoms with E-state index in [1.54, 1.807) is 12.1 Å². The average Bonchev–Trinajstić information content (AvgIpc) is 3.10. The molecule has 1 heterocycles. The SMILES string of the molecule is O=C(NC1CCCC1)c1cnoc1-c1ccc(F)cc1. The topological polar surface area (TPSA) is 55.1 Å². The average molecular weight is 274 g/mol. The van der Waals surface area contributed by atoms with E-state index in [-0.39, 0.29) is 17.8 Å². The molecule has 1 aromatic carbocycles. The second-order valence-electron chi connectivity index (χ2n) is 5.03. The van der Waals surface area contributed by atoms with Gasteiger partial charge >= 0.3 is 0 Å². The van der Waals surface area contributed by atoms with E-state index in [2.05, 4.69) is 10.5 Å². The minimum Gasteiger partial charge on any atom is -0.355 e. The van der Waals surface area contributed by atoms with Crippen LogP contribution in [0.4, 0.5) is 4.39 Å². The molecular weight excluding hydrogens is 259 g/mol. The molecule has 0 radical (unpaired) electrons. The van der Waals surface area contributed by atoms with Gasteiger partial charge in [-0.3, -0.25) is 4.79 Å². The number of nitrogens with one attached hydrogen (secondary N) is 1. The Morgan fingerprint density at radius 2 is 1.95 bits per heavy atom. The van der Waals surface area contributed by atoms with Gasteiger partial charge in [0, 0.05) is 11.6 Å². The van der Waals surface area contributed by atoms with Crippen molar-refractivity contribution in [1.82, 2.24) is 10.5 Å². The molecule has 20 heavy (non-hydrogen) atoms. The summed E-state index contributed by atoms with van der Waals surface area (Å²) in [5, 5.41) is 6.68. The standard InChI is InChI=1S/C15H15FN2O2/c16-11-7-5-10(6-8-11)14-13(9-17-20-14)15(19)18-12-3-1-2-4-12/h5-9,12H,1-4H2,(H,18,19). The van der Waals surface area contributed by atoms with Gasteiger partial charge in [-0.2, -0.15) is 0 Å². The fourth-order valence-corrected chi connectivity index (χ4v) is 2.54. The van der Waals surface area contributed by atoms with Crippen LogP contribution in [0, 0.1) is 5.82 Å². The van der Waals surface area contributed by atoms with Crippen LogP contribution in [0.2, 0.25) is 0 Å². The number of carbonyl (C=O) groups excluding carboxylic acids is 1. The van der Waals surface area contributed by atoms with E-state index in [1.807, 2.05) is 0 Å². The van der Waals surface area contributed by atoms with E-state index >= 15 is 0 Å². The van der Waals surface area contributed by atoms with Crippen LogP contribution in [0.15, 0.2) is 35.0 Å². The molecule has 1 aromatic heterocycles. The molecule has 2 aromatic rings. The van der Waals surface area contributed by atoms with Crippen molar-refractivity contribution in [3.8, 4) is 11.3 Å². The van der Waals surface area contributed by atoms with E-state index in [4.69, 9.17) is 4.52 Å². The summed E-state index contributed by atoms with van der Waals surface area (Å²) in [4.78, 5) is 12.2. The van der Waals surface area contributed by atoms with Gasteiger partial charge in [-0.05, 0) is 37.1 Å². The molecule has 0 bridgehead atoms. The van der Waals surface area contributed by atoms with Crippen LogP contribution in [-0.4, -0.2) is 17.1 Å². The zero-order chi connectivity index (χ0) is 13.9. The van der Waals surface area contributed by atoms with Gasteiger partial charge in [0.25, 0.3) is 5.91 Å². The minimum atomic E-state index is -0.328. The van der Waals surface area contributed by atoms with Crippen LogP contribution in [0.3, 0.4) is 0 Å². The van der Waals surface area contributed by atoms with E-state index in [0.29, 0.717) is 16.9 Å². The Hall–Kier alpha value is -2.17. The normalized spacial score (nSPS) is 15.4. The van der Waals surface area contributed by atoms with Crippen LogP contribution in [0.1, 0.15) is 36.0 Å². The molecule has 0 spiro atoms. The maximum absolute atomic E-state index is 12.9. The van der Waals surface area contributed by atoms with Crippen LogP contribution in [0.25, 0.3) is 11.3 Å². The molecular formula is C15H15FN2O2. The molecule has 104 valence electrons. The lowest BCUT2D eigenvalue weighted by molar-refractivity contribution is 0.0938. The van der Waals surface area contributed by atoms with Crippen molar-refractivity contribution in [2.24, 2.45) is 0 Å². The number of halogens is 1. The van der Waals surface area contributed by atoms with E-state index in [9.17, 15) is 9.18 Å². The zero-order valence-corrected chi connectivity index (χ0v) is 10.9. The highest BCUT2D eigenvalue weighted by Crippen LogP contribution is 2.25. The van der Waals surface area contributed by atoms with Crippen molar-refractivity contribution in [3.63, 3.8) is 0 Å². The first-order chi connectivity index (χ1) is 9.74. The third-order valence-corrected chi connectivity index (χ3v) is 3.61. The number of nitrogens with zero attached hydrogens (tertiary/aromatic N) is 1. The first-order valence-electron chi connectivity index (χ1n) is 6.75. The van der Waals surface area contributed by atoms with Crippen LogP contribution < -0.4 is 5.32 Å². The smallest absolute Gasteiger partial charge is 0.257 e. The largest absolute Gasteiger partial charge is 0.355 e. The van der Waals surface area contributed by atoms with Gasteiger partial charge in [-0.25, -0.2) is 4.39 Å². The van der Waals surface area contributed by atoms with Gasteiger partial charge in [0.05, 0.1) is 6.20 Å². The summed E-state index contributed by atoms with van der Waals surface area (Å²) in [5.74, 6) is -0.136. The van der Waals surface area contributed by atoms with Crippen molar-refractivity contribution in [1.29, 1.82) is 0 Å². The van der Waals surface area contributed by atoms with Crippen LogP contribution in [-0.2, 0) is 0 Å². The number of aromatic nitrogens is 1. The molecule has 5 heteroatoms. The highest BCUT2D eigenvalue weighted by molar-refractivity contribution is 5.99. The highest BCUT2D eigenvalue weighted by atomic mass is 19.1. The van der Waals surface area contributed by atoms with E-state index < -0.39 is 0 Å². The number of amides is 1. The summed E-state index contributed by atoms with van der Waals surface area (Å²) in [6, 6.07) is 6.04. The second kappa shape index (κ2) is 5.45. The number of carbonyl (C=O) groups is 1. The Balaban J connectivity index is 1.82. The first-order valence-corrected chi connectivity index (χ1v) is 6.75. The lowest BCUT2D eigenvalue weighted by Crippen LogP contribution is -2.32. The van der Waals surface area contributed by atoms with Gasteiger partial charge in [-0.1, -0.05) is 18.0 Å². The Morgan fingerprint density at radius 3 is 2.65 bits per heavy atom. The van der Waals surface area contributed by atoms with Crippen molar-refractivity contribution in [2.75, 3.05) is 0 Å². The second-order valence-corrected chi connectivity index (χ2v) is 5.03. The predicted octanol–water partition coefficient (Wildman–Crippen LogP) is 3.15. The fourth-order valence-electron chi connectivity index (χ4n) is 2.54. The molecule has 1 aliphatic carbocycles. The number of rotatable bonds is 3. The lowest BCUT2D eigenvalue weighted by atomic mass is 10.1. The lowest BCUT2D eigenvalue weighted by Gasteiger charge is -2.11. The highest BCUT2D eigenvalue weighted by Gasteiger charge is 2.22. The molecule has 0 atom stereocenters. The van der Waals surface area contributed by atoms with Crippen molar-refractivity contribution in [2.45, 2.75) is 31.7 Å². The molecule has 1 aliphatic rings. The summed E-state index contributed by atoms with van der Waals surface area (Å²) in [5.41, 5.74) is 1.03. The molecule has 3 rings (SSSR count). The van der Waals surface area contributed by atoms with Gasteiger partial charge in [0.1, 0.15) is 11.4 Å². The van der Waals surface area contributed by atoms with Crippen molar-refractivity contribution in [3.05, 3.63) is 41.8 Å². The zero-order valence-electron chi connectivity index (χ0n) is 10.9. The third-order valence-electron chi connectivity index (χ3n) is 3.61. The van der Waals surface area contributed by atoms with E-state index in [0.717, 1.165) is 25.7 Å². The van der Waals surface area contributed by atoms with Gasteiger partial charge in [0.15, 0.2) is 5.76 Å². The number of hydrogen-bond donors (Lipinski definition) is 1. The summed E-state index contributed by atoms with van der Waals surface area (Å²) < 4.78 is 18.1. The summed E-state index contributed by atoms with van der Waals surface area (Å²) >= 11 is 0.